The number of carbonyl (C=O) groups excluding carboxylic acids is 1. The Labute approximate surface area is 218 Å². The number of para-hydroxylation sites is 1. The molecule has 2 aliphatic heterocycles. The first-order valence-corrected chi connectivity index (χ1v) is 14.2. The molecule has 1 aromatic heterocycles. The van der Waals surface area contributed by atoms with Crippen LogP contribution in [0.4, 0.5) is 4.79 Å². The molecule has 2 aromatic rings. The van der Waals surface area contributed by atoms with E-state index in [0.29, 0.717) is 31.5 Å². The Balaban J connectivity index is 1.33. The van der Waals surface area contributed by atoms with E-state index in [-0.39, 0.29) is 12.4 Å². The average Bonchev–Trinajstić information content (AvgIpc) is 3.33. The minimum absolute atomic E-state index is 0.0889. The first kappa shape index (κ1) is 26.9. The summed E-state index contributed by atoms with van der Waals surface area (Å²) in [7, 11) is 0. The smallest absolute Gasteiger partial charge is 0.410 e. The number of rotatable bonds is 9. The lowest BCUT2D eigenvalue weighted by Crippen LogP contribution is -2.46. The summed E-state index contributed by atoms with van der Waals surface area (Å²) < 4.78 is 19.2. The summed E-state index contributed by atoms with van der Waals surface area (Å²) in [6.07, 6.45) is 4.75. The second-order valence-electron chi connectivity index (χ2n) is 10.5. The Hall–Kier alpha value is -2.17. The van der Waals surface area contributed by atoms with Crippen molar-refractivity contribution in [2.24, 2.45) is 11.8 Å². The van der Waals surface area contributed by atoms with Crippen molar-refractivity contribution in [3.8, 4) is 5.69 Å². The van der Waals surface area contributed by atoms with Crippen molar-refractivity contribution < 1.29 is 19.0 Å². The third kappa shape index (κ3) is 7.91. The number of hydrogen-bond acceptors (Lipinski definition) is 8. The van der Waals surface area contributed by atoms with Gasteiger partial charge in [-0.2, -0.15) is 16.4 Å². The molecule has 0 saturated carbocycles. The van der Waals surface area contributed by atoms with Gasteiger partial charge in [-0.1, -0.05) is 18.2 Å². The molecule has 1 unspecified atom stereocenters. The van der Waals surface area contributed by atoms with Crippen LogP contribution in [0.1, 0.15) is 58.7 Å². The highest BCUT2D eigenvalue weighted by atomic mass is 32.2. The van der Waals surface area contributed by atoms with Gasteiger partial charge in [-0.3, -0.25) is 0 Å². The van der Waals surface area contributed by atoms with E-state index in [0.717, 1.165) is 61.7 Å². The molecule has 10 heteroatoms. The summed E-state index contributed by atoms with van der Waals surface area (Å²) in [5, 5.41) is 12.3. The van der Waals surface area contributed by atoms with Gasteiger partial charge in [0.1, 0.15) is 5.60 Å². The summed E-state index contributed by atoms with van der Waals surface area (Å²) in [6, 6.07) is 9.96. The van der Waals surface area contributed by atoms with Gasteiger partial charge in [0.15, 0.2) is 12.1 Å². The van der Waals surface area contributed by atoms with Gasteiger partial charge in [0.05, 0.1) is 18.0 Å². The predicted molar refractivity (Wildman–Crippen MR) is 139 cm³/mol. The molecular formula is C26H39N5O4S. The highest BCUT2D eigenvalue weighted by molar-refractivity contribution is 7.98. The number of hydrogen-bond donors (Lipinski definition) is 0. The zero-order valence-electron chi connectivity index (χ0n) is 21.7. The van der Waals surface area contributed by atoms with Crippen LogP contribution in [0.3, 0.4) is 0 Å². The lowest BCUT2D eigenvalue weighted by Gasteiger charge is -2.39. The highest BCUT2D eigenvalue weighted by Gasteiger charge is 2.33. The van der Waals surface area contributed by atoms with E-state index in [1.54, 1.807) is 4.68 Å². The fraction of sp³-hybridized carbons (Fsp3) is 0.692. The maximum atomic E-state index is 12.8. The molecule has 36 heavy (non-hydrogen) atoms. The number of amides is 1. The zero-order valence-corrected chi connectivity index (χ0v) is 22.5. The number of nitrogens with zero attached hydrogens (tertiary/aromatic N) is 5. The Morgan fingerprint density at radius 3 is 2.75 bits per heavy atom. The van der Waals surface area contributed by atoms with Crippen LogP contribution in [0, 0.1) is 11.8 Å². The number of ether oxygens (including phenoxy) is 3. The molecule has 0 radical (unpaired) electrons. The Kier molecular flexibility index (Phi) is 9.61. The molecule has 0 spiro atoms. The van der Waals surface area contributed by atoms with Crippen molar-refractivity contribution in [1.82, 2.24) is 25.1 Å². The normalized spacial score (nSPS) is 23.0. The minimum atomic E-state index is -0.497. The van der Waals surface area contributed by atoms with Crippen molar-refractivity contribution in [2.75, 3.05) is 32.1 Å². The number of likely N-dealkylation sites (tertiary alicyclic amines) is 1. The summed E-state index contributed by atoms with van der Waals surface area (Å²) in [5.41, 5.74) is 0.465. The summed E-state index contributed by atoms with van der Waals surface area (Å²) in [4.78, 5) is 14.6. The van der Waals surface area contributed by atoms with E-state index in [9.17, 15) is 4.79 Å². The fourth-order valence-electron chi connectivity index (χ4n) is 4.68. The van der Waals surface area contributed by atoms with E-state index in [1.807, 2.05) is 67.8 Å². The van der Waals surface area contributed by atoms with Gasteiger partial charge < -0.3 is 19.1 Å². The van der Waals surface area contributed by atoms with Gasteiger partial charge >= 0.3 is 6.09 Å². The summed E-state index contributed by atoms with van der Waals surface area (Å²) in [6.45, 7) is 8.56. The van der Waals surface area contributed by atoms with Crippen LogP contribution >= 0.6 is 11.8 Å². The summed E-state index contributed by atoms with van der Waals surface area (Å²) >= 11 is 1.85. The Morgan fingerprint density at radius 1 is 1.17 bits per heavy atom. The predicted octanol–water partition coefficient (Wildman–Crippen LogP) is 4.70. The largest absolute Gasteiger partial charge is 0.444 e. The van der Waals surface area contributed by atoms with Crippen LogP contribution in [0.25, 0.3) is 5.69 Å². The number of tetrazole rings is 1. The van der Waals surface area contributed by atoms with Crippen molar-refractivity contribution >= 4 is 17.9 Å². The number of thioether (sulfide) groups is 1. The first-order chi connectivity index (χ1) is 17.4. The topological polar surface area (TPSA) is 91.6 Å². The van der Waals surface area contributed by atoms with E-state index in [2.05, 4.69) is 15.5 Å². The van der Waals surface area contributed by atoms with Gasteiger partial charge in [-0.15, -0.1) is 5.10 Å². The lowest BCUT2D eigenvalue weighted by molar-refractivity contribution is -0.165. The van der Waals surface area contributed by atoms with Crippen molar-refractivity contribution in [3.05, 3.63) is 36.2 Å². The number of carbonyl (C=O) groups is 1. The number of piperidine rings is 1. The maximum absolute atomic E-state index is 12.8. The molecule has 9 nitrogen and oxygen atoms in total. The molecular weight excluding hydrogens is 478 g/mol. The SMILES string of the molecule is CC(C)(C)OC(=O)N1CC[C@H](CSCc2nnnn2-c2ccccc2)[C@@H](CCOC2CCCCO2)C1. The van der Waals surface area contributed by atoms with E-state index in [1.165, 1.54) is 0 Å². The fourth-order valence-corrected chi connectivity index (χ4v) is 5.90. The Morgan fingerprint density at radius 2 is 2.00 bits per heavy atom. The first-order valence-electron chi connectivity index (χ1n) is 13.0. The molecule has 3 heterocycles. The van der Waals surface area contributed by atoms with E-state index in [4.69, 9.17) is 14.2 Å². The van der Waals surface area contributed by atoms with Gasteiger partial charge in [-0.05, 0) is 93.0 Å². The zero-order chi connectivity index (χ0) is 25.4. The molecule has 2 aliphatic rings. The van der Waals surface area contributed by atoms with Crippen LogP contribution in [0.2, 0.25) is 0 Å². The van der Waals surface area contributed by atoms with Crippen molar-refractivity contribution in [1.29, 1.82) is 0 Å². The van der Waals surface area contributed by atoms with Crippen molar-refractivity contribution in [2.45, 2.75) is 70.5 Å². The molecule has 2 fully saturated rings. The van der Waals surface area contributed by atoms with Crippen LogP contribution in [-0.2, 0) is 20.0 Å². The molecule has 0 bridgehead atoms. The number of benzene rings is 1. The average molecular weight is 518 g/mol. The van der Waals surface area contributed by atoms with E-state index < -0.39 is 5.60 Å². The highest BCUT2D eigenvalue weighted by Crippen LogP contribution is 2.31. The third-order valence-electron chi connectivity index (χ3n) is 6.57. The molecule has 1 amide bonds. The lowest BCUT2D eigenvalue weighted by atomic mass is 9.85. The monoisotopic (exact) mass is 517 g/mol. The van der Waals surface area contributed by atoms with Crippen LogP contribution < -0.4 is 0 Å². The van der Waals surface area contributed by atoms with Gasteiger partial charge in [0.25, 0.3) is 0 Å². The minimum Gasteiger partial charge on any atom is -0.444 e. The molecule has 0 aliphatic carbocycles. The van der Waals surface area contributed by atoms with Crippen LogP contribution in [0.5, 0.6) is 0 Å². The quantitative estimate of drug-likeness (QED) is 0.473. The van der Waals surface area contributed by atoms with Gasteiger partial charge in [0.2, 0.25) is 0 Å². The Bertz CT molecular complexity index is 945. The molecule has 3 atom stereocenters. The number of aromatic nitrogens is 4. The van der Waals surface area contributed by atoms with Gasteiger partial charge in [-0.25, -0.2) is 4.79 Å². The third-order valence-corrected chi connectivity index (χ3v) is 7.70. The molecule has 2 saturated heterocycles. The molecule has 0 N–H and O–H groups in total. The summed E-state index contributed by atoms with van der Waals surface area (Å²) in [5.74, 6) is 3.37. The van der Waals surface area contributed by atoms with E-state index >= 15 is 0 Å². The molecule has 1 aromatic carbocycles. The standard InChI is InChI=1S/C26H39N5O4S/c1-26(2,3)35-25(32)30-14-12-21(20(17-30)13-16-34-24-11-7-8-15-33-24)18-36-19-23-27-28-29-31(23)22-9-5-4-6-10-22/h4-6,9-10,20-21,24H,7-8,11-19H2,1-3H3/t20-,21+,24?/m0/s1. The molecule has 4 rings (SSSR count). The van der Waals surface area contributed by atoms with Crippen LogP contribution in [0.15, 0.2) is 30.3 Å². The van der Waals surface area contributed by atoms with Crippen molar-refractivity contribution in [3.63, 3.8) is 0 Å². The second-order valence-corrected chi connectivity index (χ2v) is 11.6. The maximum Gasteiger partial charge on any atom is 0.410 e. The van der Waals surface area contributed by atoms with Gasteiger partial charge in [0, 0.05) is 19.7 Å². The van der Waals surface area contributed by atoms with Crippen LogP contribution in [-0.4, -0.2) is 75.1 Å². The second kappa shape index (κ2) is 12.9. The molecule has 198 valence electrons.